The summed E-state index contributed by atoms with van der Waals surface area (Å²) in [6.45, 7) is 11.1. The van der Waals surface area contributed by atoms with Crippen molar-refractivity contribution >= 4 is 6.09 Å². The van der Waals surface area contributed by atoms with Gasteiger partial charge in [0.25, 0.3) is 0 Å². The second-order valence-corrected chi connectivity index (χ2v) is 6.66. The van der Waals surface area contributed by atoms with Crippen molar-refractivity contribution in [2.45, 2.75) is 71.6 Å². The molecule has 1 fully saturated rings. The standard InChI is InChI=1S/C14H28N2O2/c1-10(2)9-15-11-6-7-12(8-11)16-13(17)18-14(3,4)5/h10-12,15H,6-9H2,1-5H3,(H,16,17). The summed E-state index contributed by atoms with van der Waals surface area (Å²) < 4.78 is 5.26. The second-order valence-electron chi connectivity index (χ2n) is 6.66. The Morgan fingerprint density at radius 1 is 1.28 bits per heavy atom. The average Bonchev–Trinajstić information content (AvgIpc) is 2.59. The average molecular weight is 256 g/mol. The Hall–Kier alpha value is -0.770. The first-order chi connectivity index (χ1) is 8.26. The highest BCUT2D eigenvalue weighted by molar-refractivity contribution is 5.68. The van der Waals surface area contributed by atoms with Crippen molar-refractivity contribution < 1.29 is 9.53 Å². The van der Waals surface area contributed by atoms with Gasteiger partial charge in [-0.1, -0.05) is 13.8 Å². The van der Waals surface area contributed by atoms with E-state index in [-0.39, 0.29) is 12.1 Å². The van der Waals surface area contributed by atoms with Gasteiger partial charge in [-0.05, 0) is 52.5 Å². The predicted octanol–water partition coefficient (Wildman–Crippen LogP) is 2.68. The van der Waals surface area contributed by atoms with Gasteiger partial charge in [-0.2, -0.15) is 0 Å². The van der Waals surface area contributed by atoms with Crippen molar-refractivity contribution in [2.75, 3.05) is 6.54 Å². The molecule has 1 aliphatic rings. The van der Waals surface area contributed by atoms with Crippen molar-refractivity contribution in [1.29, 1.82) is 0 Å². The number of carbonyl (C=O) groups is 1. The van der Waals surface area contributed by atoms with E-state index in [1.165, 1.54) is 0 Å². The quantitative estimate of drug-likeness (QED) is 0.813. The van der Waals surface area contributed by atoms with Crippen LogP contribution in [0.1, 0.15) is 53.9 Å². The van der Waals surface area contributed by atoms with Crippen LogP contribution in [0.2, 0.25) is 0 Å². The molecule has 0 bridgehead atoms. The molecule has 1 saturated carbocycles. The van der Waals surface area contributed by atoms with Gasteiger partial charge in [-0.25, -0.2) is 4.79 Å². The molecule has 4 heteroatoms. The smallest absolute Gasteiger partial charge is 0.407 e. The van der Waals surface area contributed by atoms with Crippen LogP contribution in [-0.2, 0) is 4.74 Å². The van der Waals surface area contributed by atoms with Crippen molar-refractivity contribution in [3.8, 4) is 0 Å². The summed E-state index contributed by atoms with van der Waals surface area (Å²) >= 11 is 0. The van der Waals surface area contributed by atoms with E-state index in [0.29, 0.717) is 12.0 Å². The number of rotatable bonds is 4. The highest BCUT2D eigenvalue weighted by Gasteiger charge is 2.27. The molecule has 18 heavy (non-hydrogen) atoms. The van der Waals surface area contributed by atoms with Gasteiger partial charge in [0.1, 0.15) is 5.60 Å². The fourth-order valence-corrected chi connectivity index (χ4v) is 2.17. The molecule has 0 aromatic carbocycles. The molecule has 0 aromatic heterocycles. The molecule has 0 heterocycles. The summed E-state index contributed by atoms with van der Waals surface area (Å²) in [6.07, 6.45) is 2.88. The summed E-state index contributed by atoms with van der Waals surface area (Å²) in [5, 5.41) is 6.49. The number of ether oxygens (including phenoxy) is 1. The number of amides is 1. The van der Waals surface area contributed by atoms with E-state index in [2.05, 4.69) is 24.5 Å². The van der Waals surface area contributed by atoms with Crippen LogP contribution in [0, 0.1) is 5.92 Å². The van der Waals surface area contributed by atoms with Gasteiger partial charge >= 0.3 is 6.09 Å². The van der Waals surface area contributed by atoms with E-state index in [1.54, 1.807) is 0 Å². The van der Waals surface area contributed by atoms with Gasteiger partial charge in [0.2, 0.25) is 0 Å². The van der Waals surface area contributed by atoms with Crippen molar-refractivity contribution in [1.82, 2.24) is 10.6 Å². The zero-order valence-electron chi connectivity index (χ0n) is 12.4. The Kier molecular flexibility index (Phi) is 5.45. The van der Waals surface area contributed by atoms with Crippen LogP contribution < -0.4 is 10.6 Å². The largest absolute Gasteiger partial charge is 0.444 e. The minimum atomic E-state index is -0.419. The maximum absolute atomic E-state index is 11.6. The van der Waals surface area contributed by atoms with E-state index >= 15 is 0 Å². The predicted molar refractivity (Wildman–Crippen MR) is 73.6 cm³/mol. The van der Waals surface area contributed by atoms with Crippen molar-refractivity contribution in [2.24, 2.45) is 5.92 Å². The Balaban J connectivity index is 2.24. The Morgan fingerprint density at radius 2 is 1.89 bits per heavy atom. The van der Waals surface area contributed by atoms with Gasteiger partial charge < -0.3 is 15.4 Å². The zero-order valence-corrected chi connectivity index (χ0v) is 12.4. The minimum Gasteiger partial charge on any atom is -0.444 e. The molecule has 0 radical (unpaired) electrons. The Bertz CT molecular complexity index is 271. The van der Waals surface area contributed by atoms with Gasteiger partial charge in [0.05, 0.1) is 0 Å². The normalized spacial score (nSPS) is 24.3. The number of nitrogens with one attached hydrogen (secondary N) is 2. The molecule has 2 unspecified atom stereocenters. The minimum absolute atomic E-state index is 0.254. The fourth-order valence-electron chi connectivity index (χ4n) is 2.17. The van der Waals surface area contributed by atoms with E-state index in [9.17, 15) is 4.79 Å². The summed E-state index contributed by atoms with van der Waals surface area (Å²) in [4.78, 5) is 11.6. The first-order valence-electron chi connectivity index (χ1n) is 6.99. The highest BCUT2D eigenvalue weighted by atomic mass is 16.6. The lowest BCUT2D eigenvalue weighted by Gasteiger charge is -2.22. The first-order valence-corrected chi connectivity index (χ1v) is 6.99. The van der Waals surface area contributed by atoms with Gasteiger partial charge in [0, 0.05) is 12.1 Å². The summed E-state index contributed by atoms with van der Waals surface area (Å²) in [5.74, 6) is 0.669. The lowest BCUT2D eigenvalue weighted by atomic mass is 10.2. The molecule has 1 aliphatic carbocycles. The molecular weight excluding hydrogens is 228 g/mol. The lowest BCUT2D eigenvalue weighted by Crippen LogP contribution is -2.39. The highest BCUT2D eigenvalue weighted by Crippen LogP contribution is 2.20. The summed E-state index contributed by atoms with van der Waals surface area (Å²) in [7, 11) is 0. The molecule has 1 rings (SSSR count). The number of hydrogen-bond donors (Lipinski definition) is 2. The molecule has 106 valence electrons. The molecule has 0 aromatic rings. The van der Waals surface area contributed by atoms with Crippen molar-refractivity contribution in [3.05, 3.63) is 0 Å². The topological polar surface area (TPSA) is 50.4 Å². The SMILES string of the molecule is CC(C)CNC1CCC(NC(=O)OC(C)(C)C)C1. The van der Waals surface area contributed by atoms with Crippen LogP contribution in [0.5, 0.6) is 0 Å². The Labute approximate surface area is 111 Å². The van der Waals surface area contributed by atoms with Crippen LogP contribution in [0.3, 0.4) is 0 Å². The van der Waals surface area contributed by atoms with Crippen LogP contribution in [0.4, 0.5) is 4.79 Å². The molecule has 1 amide bonds. The molecule has 0 aliphatic heterocycles. The van der Waals surface area contributed by atoms with Crippen LogP contribution >= 0.6 is 0 Å². The zero-order chi connectivity index (χ0) is 13.8. The van der Waals surface area contributed by atoms with E-state index in [1.807, 2.05) is 20.8 Å². The van der Waals surface area contributed by atoms with E-state index in [0.717, 1.165) is 25.8 Å². The lowest BCUT2D eigenvalue weighted by molar-refractivity contribution is 0.0505. The first kappa shape index (κ1) is 15.3. The molecule has 4 nitrogen and oxygen atoms in total. The monoisotopic (exact) mass is 256 g/mol. The summed E-state index contributed by atoms with van der Waals surface area (Å²) in [5.41, 5.74) is -0.419. The third-order valence-electron chi connectivity index (χ3n) is 2.97. The molecule has 2 atom stereocenters. The molecule has 0 spiro atoms. The Morgan fingerprint density at radius 3 is 2.44 bits per heavy atom. The molecular formula is C14H28N2O2. The van der Waals surface area contributed by atoms with Gasteiger partial charge in [-0.15, -0.1) is 0 Å². The second kappa shape index (κ2) is 6.41. The van der Waals surface area contributed by atoms with Crippen LogP contribution in [0.15, 0.2) is 0 Å². The third-order valence-corrected chi connectivity index (χ3v) is 2.97. The number of hydrogen-bond acceptors (Lipinski definition) is 3. The van der Waals surface area contributed by atoms with E-state index < -0.39 is 5.60 Å². The fraction of sp³-hybridized carbons (Fsp3) is 0.929. The number of alkyl carbamates (subject to hydrolysis) is 1. The number of carbonyl (C=O) groups excluding carboxylic acids is 1. The van der Waals surface area contributed by atoms with Gasteiger partial charge in [0.15, 0.2) is 0 Å². The van der Waals surface area contributed by atoms with Crippen molar-refractivity contribution in [3.63, 3.8) is 0 Å². The van der Waals surface area contributed by atoms with Crippen LogP contribution in [0.25, 0.3) is 0 Å². The third kappa shape index (κ3) is 6.24. The molecule has 0 saturated heterocycles. The summed E-state index contributed by atoms with van der Waals surface area (Å²) in [6, 6.07) is 0.789. The van der Waals surface area contributed by atoms with Gasteiger partial charge in [-0.3, -0.25) is 0 Å². The van der Waals surface area contributed by atoms with E-state index in [4.69, 9.17) is 4.74 Å². The maximum Gasteiger partial charge on any atom is 0.407 e. The molecule has 2 N–H and O–H groups in total. The maximum atomic E-state index is 11.6. The van der Waals surface area contributed by atoms with Crippen LogP contribution in [-0.4, -0.2) is 30.3 Å².